The van der Waals surface area contributed by atoms with Crippen molar-refractivity contribution in [3.63, 3.8) is 0 Å². The first-order valence-corrected chi connectivity index (χ1v) is 6.31. The van der Waals surface area contributed by atoms with Gasteiger partial charge in [-0.2, -0.15) is 5.10 Å². The molecule has 3 N–H and O–H groups in total. The number of aromatic nitrogens is 2. The summed E-state index contributed by atoms with van der Waals surface area (Å²) >= 11 is 0. The third-order valence-corrected chi connectivity index (χ3v) is 3.24. The van der Waals surface area contributed by atoms with E-state index in [1.165, 1.54) is 0 Å². The van der Waals surface area contributed by atoms with E-state index in [2.05, 4.69) is 10.2 Å². The van der Waals surface area contributed by atoms with E-state index in [1.807, 2.05) is 54.7 Å². The van der Waals surface area contributed by atoms with Crippen LogP contribution in [0, 0.1) is 0 Å². The van der Waals surface area contributed by atoms with Gasteiger partial charge in [0.25, 0.3) is 0 Å². The van der Waals surface area contributed by atoms with E-state index in [0.717, 1.165) is 33.8 Å². The van der Waals surface area contributed by atoms with E-state index in [9.17, 15) is 0 Å². The molecule has 0 saturated carbocycles. The fourth-order valence-electron chi connectivity index (χ4n) is 2.15. The quantitative estimate of drug-likeness (QED) is 0.714. The first-order chi connectivity index (χ1) is 9.78. The Bertz CT molecular complexity index is 699. The van der Waals surface area contributed by atoms with E-state index in [4.69, 9.17) is 10.5 Å². The first-order valence-electron chi connectivity index (χ1n) is 6.31. The summed E-state index contributed by atoms with van der Waals surface area (Å²) in [6.45, 7) is 0. The summed E-state index contributed by atoms with van der Waals surface area (Å²) in [5.41, 5.74) is 10.7. The number of hydrogen-bond donors (Lipinski definition) is 2. The average Bonchev–Trinajstić information content (AvgIpc) is 2.97. The van der Waals surface area contributed by atoms with Crippen LogP contribution in [0.25, 0.3) is 22.4 Å². The lowest BCUT2D eigenvalue weighted by molar-refractivity contribution is 0.415. The molecule has 0 fully saturated rings. The van der Waals surface area contributed by atoms with E-state index in [1.54, 1.807) is 7.11 Å². The lowest BCUT2D eigenvalue weighted by Gasteiger charge is -2.05. The van der Waals surface area contributed by atoms with E-state index >= 15 is 0 Å². The Morgan fingerprint density at radius 2 is 1.60 bits per heavy atom. The van der Waals surface area contributed by atoms with Gasteiger partial charge in [-0.15, -0.1) is 0 Å². The van der Waals surface area contributed by atoms with E-state index in [0.29, 0.717) is 0 Å². The van der Waals surface area contributed by atoms with Crippen LogP contribution < -0.4 is 10.5 Å². The molecule has 1 heterocycles. The van der Waals surface area contributed by atoms with Gasteiger partial charge >= 0.3 is 0 Å². The first kappa shape index (κ1) is 12.3. The van der Waals surface area contributed by atoms with Gasteiger partial charge in [0.15, 0.2) is 0 Å². The molecule has 0 amide bonds. The number of aromatic amines is 1. The summed E-state index contributed by atoms with van der Waals surface area (Å²) in [5, 5.41) is 7.20. The minimum atomic E-state index is 0.749. The van der Waals surface area contributed by atoms with Crippen LogP contribution in [0.3, 0.4) is 0 Å². The Morgan fingerprint density at radius 3 is 2.25 bits per heavy atom. The lowest BCUT2D eigenvalue weighted by Crippen LogP contribution is -1.86. The fraction of sp³-hybridized carbons (Fsp3) is 0.0625. The number of nitrogens with two attached hydrogens (primary N) is 1. The second kappa shape index (κ2) is 5.09. The Kier molecular flexibility index (Phi) is 3.13. The molecule has 0 spiro atoms. The molecule has 0 aliphatic carbocycles. The second-order valence-corrected chi connectivity index (χ2v) is 4.51. The molecular weight excluding hydrogens is 250 g/mol. The van der Waals surface area contributed by atoms with Crippen molar-refractivity contribution >= 4 is 5.69 Å². The molecule has 2 aromatic carbocycles. The molecule has 20 heavy (non-hydrogen) atoms. The molecule has 0 atom stereocenters. The van der Waals surface area contributed by atoms with Gasteiger partial charge in [0, 0.05) is 16.8 Å². The minimum absolute atomic E-state index is 0.749. The predicted octanol–water partition coefficient (Wildman–Crippen LogP) is 3.33. The summed E-state index contributed by atoms with van der Waals surface area (Å²) in [5.74, 6) is 0.839. The van der Waals surface area contributed by atoms with Gasteiger partial charge in [-0.3, -0.25) is 5.10 Å². The van der Waals surface area contributed by atoms with Crippen LogP contribution in [0.1, 0.15) is 0 Å². The van der Waals surface area contributed by atoms with Gasteiger partial charge in [0.2, 0.25) is 0 Å². The smallest absolute Gasteiger partial charge is 0.118 e. The molecule has 4 heteroatoms. The predicted molar refractivity (Wildman–Crippen MR) is 80.4 cm³/mol. The second-order valence-electron chi connectivity index (χ2n) is 4.51. The molecular formula is C16H15N3O. The van der Waals surface area contributed by atoms with Crippen molar-refractivity contribution in [2.45, 2.75) is 0 Å². The standard InChI is InChI=1S/C16H15N3O/c1-20-14-8-4-11(5-9-14)15-10-18-19-16(15)12-2-6-13(17)7-3-12/h2-10H,17H2,1H3,(H,18,19). The number of nitrogens with zero attached hydrogens (tertiary/aromatic N) is 1. The third-order valence-electron chi connectivity index (χ3n) is 3.24. The van der Waals surface area contributed by atoms with Crippen molar-refractivity contribution in [2.24, 2.45) is 0 Å². The van der Waals surface area contributed by atoms with E-state index in [-0.39, 0.29) is 0 Å². The number of nitrogen functional groups attached to an aromatic ring is 1. The van der Waals surface area contributed by atoms with Gasteiger partial charge in [-0.05, 0) is 29.8 Å². The summed E-state index contributed by atoms with van der Waals surface area (Å²) in [6.07, 6.45) is 1.83. The number of methoxy groups -OCH3 is 1. The molecule has 0 aliphatic heterocycles. The van der Waals surface area contributed by atoms with Crippen LogP contribution in [-0.2, 0) is 0 Å². The van der Waals surface area contributed by atoms with Crippen molar-refractivity contribution < 1.29 is 4.74 Å². The number of anilines is 1. The van der Waals surface area contributed by atoms with Gasteiger partial charge in [0.05, 0.1) is 19.0 Å². The van der Waals surface area contributed by atoms with Crippen LogP contribution in [0.15, 0.2) is 54.7 Å². The highest BCUT2D eigenvalue weighted by molar-refractivity contribution is 5.80. The number of H-pyrrole nitrogens is 1. The number of rotatable bonds is 3. The Hall–Kier alpha value is -2.75. The highest BCUT2D eigenvalue weighted by atomic mass is 16.5. The average molecular weight is 265 g/mol. The van der Waals surface area contributed by atoms with Crippen LogP contribution >= 0.6 is 0 Å². The van der Waals surface area contributed by atoms with Crippen LogP contribution in [0.2, 0.25) is 0 Å². The molecule has 0 aliphatic rings. The monoisotopic (exact) mass is 265 g/mol. The fourth-order valence-corrected chi connectivity index (χ4v) is 2.15. The minimum Gasteiger partial charge on any atom is -0.497 e. The SMILES string of the molecule is COc1ccc(-c2cn[nH]c2-c2ccc(N)cc2)cc1. The van der Waals surface area contributed by atoms with Crippen LogP contribution in [-0.4, -0.2) is 17.3 Å². The Morgan fingerprint density at radius 1 is 0.950 bits per heavy atom. The van der Waals surface area contributed by atoms with Crippen molar-refractivity contribution in [1.29, 1.82) is 0 Å². The molecule has 3 aromatic rings. The zero-order chi connectivity index (χ0) is 13.9. The number of benzene rings is 2. The maximum absolute atomic E-state index is 5.72. The number of nitrogens with one attached hydrogen (secondary N) is 1. The van der Waals surface area contributed by atoms with Gasteiger partial charge in [-0.1, -0.05) is 24.3 Å². The molecule has 1 aromatic heterocycles. The largest absolute Gasteiger partial charge is 0.497 e. The van der Waals surface area contributed by atoms with Crippen LogP contribution in [0.4, 0.5) is 5.69 Å². The molecule has 3 rings (SSSR count). The summed E-state index contributed by atoms with van der Waals surface area (Å²) in [6, 6.07) is 15.6. The molecule has 4 nitrogen and oxygen atoms in total. The highest BCUT2D eigenvalue weighted by Crippen LogP contribution is 2.31. The number of ether oxygens (including phenoxy) is 1. The Balaban J connectivity index is 2.02. The third kappa shape index (κ3) is 2.23. The van der Waals surface area contributed by atoms with Gasteiger partial charge in [-0.25, -0.2) is 0 Å². The molecule has 100 valence electrons. The van der Waals surface area contributed by atoms with Crippen molar-refractivity contribution in [3.8, 4) is 28.1 Å². The molecule has 0 saturated heterocycles. The Labute approximate surface area is 117 Å². The zero-order valence-corrected chi connectivity index (χ0v) is 11.1. The van der Waals surface area contributed by atoms with Crippen LogP contribution in [0.5, 0.6) is 5.75 Å². The van der Waals surface area contributed by atoms with E-state index < -0.39 is 0 Å². The summed E-state index contributed by atoms with van der Waals surface area (Å²) < 4.78 is 5.18. The molecule has 0 bridgehead atoms. The highest BCUT2D eigenvalue weighted by Gasteiger charge is 2.09. The zero-order valence-electron chi connectivity index (χ0n) is 11.1. The topological polar surface area (TPSA) is 63.9 Å². The maximum Gasteiger partial charge on any atom is 0.118 e. The van der Waals surface area contributed by atoms with Crippen molar-refractivity contribution in [2.75, 3.05) is 12.8 Å². The van der Waals surface area contributed by atoms with Gasteiger partial charge in [0.1, 0.15) is 5.75 Å². The van der Waals surface area contributed by atoms with Gasteiger partial charge < -0.3 is 10.5 Å². The van der Waals surface area contributed by atoms with Crippen molar-refractivity contribution in [3.05, 3.63) is 54.7 Å². The summed E-state index contributed by atoms with van der Waals surface area (Å²) in [4.78, 5) is 0. The normalized spacial score (nSPS) is 10.4. The molecule has 0 radical (unpaired) electrons. The maximum atomic E-state index is 5.72. The van der Waals surface area contributed by atoms with Crippen molar-refractivity contribution in [1.82, 2.24) is 10.2 Å². The molecule has 0 unspecified atom stereocenters. The summed E-state index contributed by atoms with van der Waals surface area (Å²) in [7, 11) is 1.66. The number of hydrogen-bond acceptors (Lipinski definition) is 3. The lowest BCUT2D eigenvalue weighted by atomic mass is 10.0.